The Balaban J connectivity index is 1.37. The van der Waals surface area contributed by atoms with Crippen LogP contribution in [0.2, 0.25) is 0 Å². The Morgan fingerprint density at radius 1 is 1.03 bits per heavy atom. The van der Waals surface area contributed by atoms with Crippen LogP contribution in [-0.4, -0.2) is 62.3 Å². The maximum atomic E-state index is 12.5. The van der Waals surface area contributed by atoms with Crippen LogP contribution in [0.25, 0.3) is 0 Å². The van der Waals surface area contributed by atoms with E-state index in [9.17, 15) is 20.4 Å². The lowest BCUT2D eigenvalue weighted by Crippen LogP contribution is -2.67. The molecule has 2 aliphatic heterocycles. The van der Waals surface area contributed by atoms with Gasteiger partial charge in [0.2, 0.25) is 0 Å². The van der Waals surface area contributed by atoms with Gasteiger partial charge in [-0.1, -0.05) is 39.3 Å². The molecule has 6 rings (SSSR count). The van der Waals surface area contributed by atoms with E-state index in [0.717, 1.165) is 31.3 Å². The van der Waals surface area contributed by atoms with Crippen LogP contribution in [0.3, 0.4) is 0 Å². The van der Waals surface area contributed by atoms with Crippen LogP contribution in [0.1, 0.15) is 79.1 Å². The van der Waals surface area contributed by atoms with Gasteiger partial charge in [0.05, 0.1) is 30.5 Å². The molecular weight excluding hydrogens is 420 g/mol. The van der Waals surface area contributed by atoms with Gasteiger partial charge in [0.25, 0.3) is 0 Å². The first-order valence-electron chi connectivity index (χ1n) is 13.2. The molecule has 5 fully saturated rings. The van der Waals surface area contributed by atoms with E-state index in [1.54, 1.807) is 0 Å². The number of hydrogen-bond donors (Lipinski definition) is 4. The van der Waals surface area contributed by atoms with E-state index in [-0.39, 0.29) is 17.8 Å². The Hall–Kier alpha value is -0.500. The second-order valence-corrected chi connectivity index (χ2v) is 13.0. The second kappa shape index (κ2) is 6.83. The van der Waals surface area contributed by atoms with Crippen LogP contribution in [-0.2, 0) is 9.47 Å². The first-order valence-corrected chi connectivity index (χ1v) is 13.2. The quantitative estimate of drug-likeness (QED) is 0.413. The summed E-state index contributed by atoms with van der Waals surface area (Å²) >= 11 is 0. The molecule has 3 saturated carbocycles. The van der Waals surface area contributed by atoms with Gasteiger partial charge in [-0.05, 0) is 49.9 Å². The number of aliphatic hydroxyl groups excluding tert-OH is 2. The van der Waals surface area contributed by atoms with Gasteiger partial charge < -0.3 is 29.9 Å². The third-order valence-corrected chi connectivity index (χ3v) is 11.9. The van der Waals surface area contributed by atoms with E-state index < -0.39 is 46.1 Å². The average Bonchev–Trinajstić information content (AvgIpc) is 3.07. The predicted molar refractivity (Wildman–Crippen MR) is 122 cm³/mol. The molecule has 6 nitrogen and oxygen atoms in total. The molecule has 33 heavy (non-hydrogen) atoms. The smallest absolute Gasteiger partial charge is 0.174 e. The monoisotopic (exact) mass is 462 g/mol. The molecule has 1 spiro atoms. The van der Waals surface area contributed by atoms with Crippen molar-refractivity contribution >= 4 is 0 Å². The normalized spacial score (nSPS) is 62.3. The van der Waals surface area contributed by atoms with Gasteiger partial charge in [0.15, 0.2) is 5.79 Å². The molecule has 0 bridgehead atoms. The predicted octanol–water partition coefficient (Wildman–Crippen LogP) is 2.91. The van der Waals surface area contributed by atoms with Crippen LogP contribution in [0.4, 0.5) is 0 Å². The SMILES string of the molecule is C[C@@H]1CC[C@]2(OC1)O[C@H]1C[C@@]3(O)[C@@H]4CC=C5C[C@@H](O)C[C@@H](O)[C@]5(C)[C@H]4CC[C@]3(C)[C@@]1(O)[C@@H]2C. The standard InChI is InChI=1S/C27H42O6/c1-15-7-10-26(32-14-15)16(2)27(31)22(33-26)13-25(30)20-6-5-17-11-18(28)12-21(29)24(17,4)19(20)8-9-23(25,27)3/h5,15-16,18-22,28-31H,6-14H2,1-4H3/t15-,16-,18-,19+,20-,21-,22+,23+,24+,25-,26+,27-/m1/s1. The van der Waals surface area contributed by atoms with Gasteiger partial charge in [-0.3, -0.25) is 0 Å². The minimum Gasteiger partial charge on any atom is -0.393 e. The summed E-state index contributed by atoms with van der Waals surface area (Å²) in [6, 6.07) is 0. The molecule has 12 atom stereocenters. The summed E-state index contributed by atoms with van der Waals surface area (Å²) in [5.41, 5.74) is -2.22. The van der Waals surface area contributed by atoms with Gasteiger partial charge in [0, 0.05) is 36.0 Å². The molecule has 0 aromatic heterocycles. The van der Waals surface area contributed by atoms with Crippen LogP contribution >= 0.6 is 0 Å². The lowest BCUT2D eigenvalue weighted by Gasteiger charge is -2.63. The summed E-state index contributed by atoms with van der Waals surface area (Å²) in [6.45, 7) is 9.11. The van der Waals surface area contributed by atoms with Crippen molar-refractivity contribution in [2.75, 3.05) is 6.61 Å². The second-order valence-electron chi connectivity index (χ2n) is 13.0. The Labute approximate surface area is 197 Å². The topological polar surface area (TPSA) is 99.4 Å². The molecule has 0 unspecified atom stereocenters. The highest BCUT2D eigenvalue weighted by Gasteiger charge is 2.81. The van der Waals surface area contributed by atoms with Crippen LogP contribution < -0.4 is 0 Å². The van der Waals surface area contributed by atoms with Crippen molar-refractivity contribution in [3.63, 3.8) is 0 Å². The van der Waals surface area contributed by atoms with Gasteiger partial charge in [-0.25, -0.2) is 0 Å². The van der Waals surface area contributed by atoms with E-state index >= 15 is 0 Å². The maximum absolute atomic E-state index is 12.5. The third-order valence-electron chi connectivity index (χ3n) is 11.9. The highest BCUT2D eigenvalue weighted by Crippen LogP contribution is 2.73. The summed E-state index contributed by atoms with van der Waals surface area (Å²) in [4.78, 5) is 0. The van der Waals surface area contributed by atoms with Crippen LogP contribution in [0.5, 0.6) is 0 Å². The molecule has 4 N–H and O–H groups in total. The molecular formula is C27H42O6. The molecule has 6 aliphatic rings. The van der Waals surface area contributed by atoms with Crippen molar-refractivity contribution in [2.45, 2.75) is 114 Å². The fourth-order valence-electron chi connectivity index (χ4n) is 9.62. The minimum atomic E-state index is -1.15. The van der Waals surface area contributed by atoms with Gasteiger partial charge in [0.1, 0.15) is 5.60 Å². The molecule has 2 heterocycles. The Morgan fingerprint density at radius 3 is 2.48 bits per heavy atom. The Bertz CT molecular complexity index is 865. The zero-order valence-electron chi connectivity index (χ0n) is 20.6. The number of hydrogen-bond acceptors (Lipinski definition) is 6. The Morgan fingerprint density at radius 2 is 1.79 bits per heavy atom. The minimum absolute atomic E-state index is 0.0523. The van der Waals surface area contributed by atoms with Crippen molar-refractivity contribution < 1.29 is 29.9 Å². The van der Waals surface area contributed by atoms with Gasteiger partial charge >= 0.3 is 0 Å². The fourth-order valence-corrected chi connectivity index (χ4v) is 9.62. The van der Waals surface area contributed by atoms with E-state index in [4.69, 9.17) is 9.47 Å². The molecule has 6 heteroatoms. The summed E-state index contributed by atoms with van der Waals surface area (Å²) < 4.78 is 12.9. The highest BCUT2D eigenvalue weighted by molar-refractivity contribution is 5.34. The third kappa shape index (κ3) is 2.51. The van der Waals surface area contributed by atoms with Gasteiger partial charge in [-0.2, -0.15) is 0 Å². The summed E-state index contributed by atoms with van der Waals surface area (Å²) in [5.74, 6) is -0.415. The first-order chi connectivity index (χ1) is 15.4. The summed E-state index contributed by atoms with van der Waals surface area (Å²) in [5, 5.41) is 46.3. The first kappa shape index (κ1) is 22.9. The zero-order valence-corrected chi connectivity index (χ0v) is 20.6. The van der Waals surface area contributed by atoms with Crippen LogP contribution in [0.15, 0.2) is 11.6 Å². The molecule has 0 aromatic rings. The number of rotatable bonds is 0. The Kier molecular flexibility index (Phi) is 4.75. The number of allylic oxidation sites excluding steroid dienone is 1. The van der Waals surface area contributed by atoms with Gasteiger partial charge in [-0.15, -0.1) is 0 Å². The number of ether oxygens (including phenoxy) is 2. The summed E-state index contributed by atoms with van der Waals surface area (Å²) in [7, 11) is 0. The van der Waals surface area contributed by atoms with E-state index in [1.165, 1.54) is 0 Å². The van der Waals surface area contributed by atoms with E-state index in [2.05, 4.69) is 33.8 Å². The highest BCUT2D eigenvalue weighted by atomic mass is 16.7. The van der Waals surface area contributed by atoms with Crippen molar-refractivity contribution in [1.29, 1.82) is 0 Å². The molecule has 2 saturated heterocycles. The van der Waals surface area contributed by atoms with Crippen molar-refractivity contribution in [3.8, 4) is 0 Å². The molecule has 0 radical (unpaired) electrons. The lowest BCUT2D eigenvalue weighted by molar-refractivity contribution is -0.286. The summed E-state index contributed by atoms with van der Waals surface area (Å²) in [6.07, 6.45) is 6.07. The van der Waals surface area contributed by atoms with Crippen molar-refractivity contribution in [1.82, 2.24) is 0 Å². The number of aliphatic hydroxyl groups is 4. The average molecular weight is 463 g/mol. The maximum Gasteiger partial charge on any atom is 0.174 e. The lowest BCUT2D eigenvalue weighted by atomic mass is 9.44. The molecule has 0 amide bonds. The van der Waals surface area contributed by atoms with E-state index in [0.29, 0.717) is 38.2 Å². The number of fused-ring (bicyclic) bond motifs is 7. The van der Waals surface area contributed by atoms with Crippen molar-refractivity contribution in [3.05, 3.63) is 11.6 Å². The largest absolute Gasteiger partial charge is 0.393 e. The zero-order chi connectivity index (χ0) is 23.6. The van der Waals surface area contributed by atoms with E-state index in [1.807, 2.05) is 0 Å². The molecule has 0 aromatic carbocycles. The fraction of sp³-hybridized carbons (Fsp3) is 0.926. The molecule has 4 aliphatic carbocycles. The molecule has 186 valence electrons. The van der Waals surface area contributed by atoms with Crippen molar-refractivity contribution in [2.24, 2.45) is 34.5 Å². The van der Waals surface area contributed by atoms with Crippen LogP contribution in [0, 0.1) is 34.5 Å².